The van der Waals surface area contributed by atoms with Crippen molar-refractivity contribution in [2.24, 2.45) is 0 Å². The normalized spacial score (nSPS) is 24.2. The van der Waals surface area contributed by atoms with Gasteiger partial charge in [-0.25, -0.2) is 0 Å². The predicted octanol–water partition coefficient (Wildman–Crippen LogP) is 5.78. The lowest BCUT2D eigenvalue weighted by molar-refractivity contribution is -0.147. The summed E-state index contributed by atoms with van der Waals surface area (Å²) in [7, 11) is 0. The molecule has 2 aromatic rings. The molecule has 1 saturated heterocycles. The van der Waals surface area contributed by atoms with Gasteiger partial charge in [-0.1, -0.05) is 56.1 Å². The van der Waals surface area contributed by atoms with E-state index in [-0.39, 0.29) is 12.2 Å². The van der Waals surface area contributed by atoms with Gasteiger partial charge in [0.25, 0.3) is 0 Å². The van der Waals surface area contributed by atoms with Crippen molar-refractivity contribution in [3.05, 3.63) is 68.6 Å². The van der Waals surface area contributed by atoms with E-state index < -0.39 is 5.79 Å². The van der Waals surface area contributed by atoms with Gasteiger partial charge in [-0.2, -0.15) is 0 Å². The Kier molecular flexibility index (Phi) is 4.23. The fourth-order valence-electron chi connectivity index (χ4n) is 2.55. The van der Waals surface area contributed by atoms with Gasteiger partial charge in [-0.05, 0) is 49.2 Å². The summed E-state index contributed by atoms with van der Waals surface area (Å²) in [5, 5.41) is 0. The minimum Gasteiger partial charge on any atom is -0.339 e. The van der Waals surface area contributed by atoms with Crippen molar-refractivity contribution in [1.82, 2.24) is 0 Å². The van der Waals surface area contributed by atoms with Crippen LogP contribution in [0.1, 0.15) is 37.2 Å². The first-order valence-corrected chi connectivity index (χ1v) is 8.40. The van der Waals surface area contributed by atoms with Gasteiger partial charge in [0.05, 0.1) is 0 Å². The number of hydrogen-bond acceptors (Lipinski definition) is 2. The van der Waals surface area contributed by atoms with Crippen molar-refractivity contribution < 1.29 is 9.47 Å². The first kappa shape index (κ1) is 15.2. The van der Waals surface area contributed by atoms with Crippen molar-refractivity contribution in [1.29, 1.82) is 0 Å². The largest absolute Gasteiger partial charge is 0.339 e. The molecule has 0 radical (unpaired) electrons. The van der Waals surface area contributed by atoms with Gasteiger partial charge in [0.1, 0.15) is 12.2 Å². The van der Waals surface area contributed by atoms with E-state index in [0.717, 1.165) is 20.1 Å². The van der Waals surface area contributed by atoms with Crippen LogP contribution in [0.5, 0.6) is 0 Å². The van der Waals surface area contributed by atoms with Crippen LogP contribution in [-0.4, -0.2) is 5.79 Å². The molecule has 2 nitrogen and oxygen atoms in total. The van der Waals surface area contributed by atoms with Crippen LogP contribution in [0.25, 0.3) is 0 Å². The standard InChI is InChI=1S/C17H16Br2O2/c1-17(2)20-15(11-3-7-13(18)8-4-11)16(21-17)12-5-9-14(19)10-6-12/h3-10,15-16H,1-2H3/t15-,16-/m0/s1. The topological polar surface area (TPSA) is 18.5 Å². The van der Waals surface area contributed by atoms with E-state index >= 15 is 0 Å². The lowest BCUT2D eigenvalue weighted by Crippen LogP contribution is -2.20. The Morgan fingerprint density at radius 2 is 1.05 bits per heavy atom. The van der Waals surface area contributed by atoms with Gasteiger partial charge < -0.3 is 9.47 Å². The second-order valence-corrected chi connectivity index (χ2v) is 7.41. The van der Waals surface area contributed by atoms with Gasteiger partial charge in [0.2, 0.25) is 0 Å². The Hall–Kier alpha value is -0.680. The molecule has 21 heavy (non-hydrogen) atoms. The quantitative estimate of drug-likeness (QED) is 0.623. The maximum atomic E-state index is 6.12. The molecule has 2 aromatic carbocycles. The molecule has 3 rings (SSSR count). The molecule has 110 valence electrons. The summed E-state index contributed by atoms with van der Waals surface area (Å²) in [5.74, 6) is -0.588. The summed E-state index contributed by atoms with van der Waals surface area (Å²) in [4.78, 5) is 0. The monoisotopic (exact) mass is 410 g/mol. The van der Waals surface area contributed by atoms with E-state index in [1.165, 1.54) is 0 Å². The molecule has 1 heterocycles. The van der Waals surface area contributed by atoms with Crippen molar-refractivity contribution in [2.45, 2.75) is 31.8 Å². The van der Waals surface area contributed by atoms with Crippen molar-refractivity contribution in [3.8, 4) is 0 Å². The summed E-state index contributed by atoms with van der Waals surface area (Å²) in [6.07, 6.45) is -0.205. The van der Waals surface area contributed by atoms with Crippen LogP contribution >= 0.6 is 31.9 Å². The fourth-order valence-corrected chi connectivity index (χ4v) is 3.08. The van der Waals surface area contributed by atoms with Gasteiger partial charge in [-0.3, -0.25) is 0 Å². The van der Waals surface area contributed by atoms with E-state index in [2.05, 4.69) is 56.1 Å². The zero-order chi connectivity index (χ0) is 15.0. The third-order valence-electron chi connectivity index (χ3n) is 3.49. The second-order valence-electron chi connectivity index (χ2n) is 5.58. The number of halogens is 2. The highest BCUT2D eigenvalue weighted by atomic mass is 79.9. The SMILES string of the molecule is CC1(C)O[C@@H](c2ccc(Br)cc2)[C@H](c2ccc(Br)cc2)O1. The molecule has 4 heteroatoms. The Morgan fingerprint density at radius 3 is 1.38 bits per heavy atom. The maximum Gasteiger partial charge on any atom is 0.164 e. The van der Waals surface area contributed by atoms with Gasteiger partial charge in [0, 0.05) is 8.95 Å². The van der Waals surface area contributed by atoms with E-state index in [0.29, 0.717) is 0 Å². The molecule has 1 fully saturated rings. The Morgan fingerprint density at radius 1 is 0.714 bits per heavy atom. The zero-order valence-electron chi connectivity index (χ0n) is 11.8. The smallest absolute Gasteiger partial charge is 0.164 e. The molecule has 0 saturated carbocycles. The van der Waals surface area contributed by atoms with Crippen LogP contribution in [-0.2, 0) is 9.47 Å². The second kappa shape index (κ2) is 5.84. The average Bonchev–Trinajstić information content (AvgIpc) is 2.76. The molecule has 0 N–H and O–H groups in total. The minimum absolute atomic E-state index is 0.103. The number of hydrogen-bond donors (Lipinski definition) is 0. The molecule has 0 unspecified atom stereocenters. The van der Waals surface area contributed by atoms with Gasteiger partial charge in [-0.15, -0.1) is 0 Å². The maximum absolute atomic E-state index is 6.12. The highest BCUT2D eigenvalue weighted by Crippen LogP contribution is 2.47. The number of rotatable bonds is 2. The highest BCUT2D eigenvalue weighted by molar-refractivity contribution is 9.10. The Labute approximate surface area is 141 Å². The molecule has 0 aromatic heterocycles. The first-order chi connectivity index (χ1) is 9.94. The van der Waals surface area contributed by atoms with Crippen LogP contribution in [0.15, 0.2) is 57.5 Å². The molecule has 0 amide bonds. The van der Waals surface area contributed by atoms with E-state index in [9.17, 15) is 0 Å². The van der Waals surface area contributed by atoms with Crippen LogP contribution < -0.4 is 0 Å². The zero-order valence-corrected chi connectivity index (χ0v) is 15.0. The summed E-state index contributed by atoms with van der Waals surface area (Å²) >= 11 is 6.93. The molecule has 1 aliphatic rings. The molecule has 1 aliphatic heterocycles. The number of benzene rings is 2. The Bertz CT molecular complexity index is 565. The third-order valence-corrected chi connectivity index (χ3v) is 4.55. The van der Waals surface area contributed by atoms with Crippen molar-refractivity contribution in [3.63, 3.8) is 0 Å². The molecule has 0 aliphatic carbocycles. The Balaban J connectivity index is 1.96. The van der Waals surface area contributed by atoms with E-state index in [1.807, 2.05) is 38.1 Å². The molecular formula is C17H16Br2O2. The van der Waals surface area contributed by atoms with Crippen LogP contribution in [0.2, 0.25) is 0 Å². The lowest BCUT2D eigenvalue weighted by atomic mass is 9.98. The lowest BCUT2D eigenvalue weighted by Gasteiger charge is -2.17. The highest BCUT2D eigenvalue weighted by Gasteiger charge is 2.42. The fraction of sp³-hybridized carbons (Fsp3) is 0.294. The first-order valence-electron chi connectivity index (χ1n) is 6.81. The van der Waals surface area contributed by atoms with E-state index in [4.69, 9.17) is 9.47 Å². The van der Waals surface area contributed by atoms with Crippen molar-refractivity contribution >= 4 is 31.9 Å². The molecule has 0 spiro atoms. The van der Waals surface area contributed by atoms with Gasteiger partial charge in [0.15, 0.2) is 5.79 Å². The van der Waals surface area contributed by atoms with Gasteiger partial charge >= 0.3 is 0 Å². The van der Waals surface area contributed by atoms with E-state index in [1.54, 1.807) is 0 Å². The molecule has 2 atom stereocenters. The van der Waals surface area contributed by atoms with Crippen LogP contribution in [0.4, 0.5) is 0 Å². The van der Waals surface area contributed by atoms with Crippen LogP contribution in [0.3, 0.4) is 0 Å². The average molecular weight is 412 g/mol. The van der Waals surface area contributed by atoms with Crippen molar-refractivity contribution in [2.75, 3.05) is 0 Å². The molecular weight excluding hydrogens is 396 g/mol. The van der Waals surface area contributed by atoms with Crippen LogP contribution in [0, 0.1) is 0 Å². The predicted molar refractivity (Wildman–Crippen MR) is 90.0 cm³/mol. The summed E-state index contributed by atoms with van der Waals surface area (Å²) in [6, 6.07) is 16.4. The summed E-state index contributed by atoms with van der Waals surface area (Å²) in [6.45, 7) is 3.91. The molecule has 0 bridgehead atoms. The number of ether oxygens (including phenoxy) is 2. The summed E-state index contributed by atoms with van der Waals surface area (Å²) in [5.41, 5.74) is 2.24. The third kappa shape index (κ3) is 3.39. The summed E-state index contributed by atoms with van der Waals surface area (Å²) < 4.78 is 14.4. The minimum atomic E-state index is -0.588.